The number of aryl methyl sites for hydroxylation is 2. The fraction of sp³-hybridized carbons (Fsp3) is 0.250. The van der Waals surface area contributed by atoms with Crippen LogP contribution in [0.3, 0.4) is 0 Å². The lowest BCUT2D eigenvalue weighted by atomic mass is 10.2. The molecule has 0 spiro atoms. The number of nitrogens with one attached hydrogen (secondary N) is 1. The van der Waals surface area contributed by atoms with Crippen molar-refractivity contribution in [1.29, 1.82) is 0 Å². The Morgan fingerprint density at radius 2 is 2.00 bits per heavy atom. The van der Waals surface area contributed by atoms with Crippen molar-refractivity contribution in [3.8, 4) is 0 Å². The zero-order chi connectivity index (χ0) is 16.3. The van der Waals surface area contributed by atoms with Crippen LogP contribution in [0.15, 0.2) is 30.3 Å². The van der Waals surface area contributed by atoms with Gasteiger partial charge in [-0.3, -0.25) is 9.59 Å². The van der Waals surface area contributed by atoms with Gasteiger partial charge in [0, 0.05) is 22.5 Å². The second kappa shape index (κ2) is 6.70. The van der Waals surface area contributed by atoms with Crippen LogP contribution in [0.5, 0.6) is 0 Å². The topological polar surface area (TPSA) is 49.4 Å². The maximum atomic E-state index is 13.1. The average molecular weight is 320 g/mol. The number of carbonyl (C=O) groups excluding carboxylic acids is 2. The van der Waals surface area contributed by atoms with E-state index in [1.807, 2.05) is 19.9 Å². The highest BCUT2D eigenvalue weighted by molar-refractivity contribution is 7.12. The van der Waals surface area contributed by atoms with Crippen LogP contribution in [0.25, 0.3) is 0 Å². The summed E-state index contributed by atoms with van der Waals surface area (Å²) < 4.78 is 13.1. The van der Waals surface area contributed by atoms with E-state index in [2.05, 4.69) is 5.32 Å². The largest absolute Gasteiger partial charge is 0.332 e. The highest BCUT2D eigenvalue weighted by atomic mass is 32.1. The lowest BCUT2D eigenvalue weighted by Gasteiger charge is -2.16. The number of rotatable bonds is 4. The lowest BCUT2D eigenvalue weighted by molar-refractivity contribution is -0.116. The molecule has 2 amide bonds. The molecule has 1 N–H and O–H groups in total. The Kier molecular flexibility index (Phi) is 4.92. The first-order valence-electron chi connectivity index (χ1n) is 6.74. The van der Waals surface area contributed by atoms with Gasteiger partial charge in [0.05, 0.1) is 12.1 Å². The molecule has 1 aromatic heterocycles. The van der Waals surface area contributed by atoms with Gasteiger partial charge in [0.15, 0.2) is 0 Å². The summed E-state index contributed by atoms with van der Waals surface area (Å²) in [5.74, 6) is -0.992. The summed E-state index contributed by atoms with van der Waals surface area (Å²) >= 11 is 1.55. The molecule has 0 aliphatic heterocycles. The monoisotopic (exact) mass is 320 g/mol. The van der Waals surface area contributed by atoms with Gasteiger partial charge in [-0.1, -0.05) is 6.07 Å². The first-order chi connectivity index (χ1) is 10.4. The maximum Gasteiger partial charge on any atom is 0.255 e. The average Bonchev–Trinajstić information content (AvgIpc) is 2.76. The van der Waals surface area contributed by atoms with Crippen molar-refractivity contribution in [2.45, 2.75) is 13.8 Å². The molecule has 0 atom stereocenters. The maximum absolute atomic E-state index is 13.1. The Bertz CT molecular complexity index is 712. The third kappa shape index (κ3) is 3.92. The normalized spacial score (nSPS) is 10.4. The van der Waals surface area contributed by atoms with Gasteiger partial charge in [-0.15, -0.1) is 11.3 Å². The van der Waals surface area contributed by atoms with Crippen molar-refractivity contribution in [2.24, 2.45) is 0 Å². The Morgan fingerprint density at radius 3 is 2.59 bits per heavy atom. The van der Waals surface area contributed by atoms with Crippen LogP contribution >= 0.6 is 11.3 Å². The Balaban J connectivity index is 1.99. The van der Waals surface area contributed by atoms with E-state index >= 15 is 0 Å². The molecule has 1 aromatic carbocycles. The van der Waals surface area contributed by atoms with Gasteiger partial charge in [-0.2, -0.15) is 0 Å². The summed E-state index contributed by atoms with van der Waals surface area (Å²) in [6.45, 7) is 3.72. The number of benzene rings is 1. The van der Waals surface area contributed by atoms with E-state index < -0.39 is 5.82 Å². The molecular weight excluding hydrogens is 303 g/mol. The highest BCUT2D eigenvalue weighted by Gasteiger charge is 2.18. The minimum absolute atomic E-state index is 0.0936. The fourth-order valence-corrected chi connectivity index (χ4v) is 3.02. The quantitative estimate of drug-likeness (QED) is 0.940. The summed E-state index contributed by atoms with van der Waals surface area (Å²) in [7, 11) is 1.57. The third-order valence-electron chi connectivity index (χ3n) is 3.11. The smallest absolute Gasteiger partial charge is 0.255 e. The van der Waals surface area contributed by atoms with Crippen molar-refractivity contribution in [3.63, 3.8) is 0 Å². The number of hydrogen-bond donors (Lipinski definition) is 1. The standard InChI is InChI=1S/C16H17FN2O2S/c1-10-7-14(11(2)22-10)16(21)19(3)9-15(20)18-13-6-4-5-12(17)8-13/h4-8H,9H2,1-3H3,(H,18,20). The number of nitrogens with zero attached hydrogens (tertiary/aromatic N) is 1. The molecule has 6 heteroatoms. The summed E-state index contributed by atoms with van der Waals surface area (Å²) in [6, 6.07) is 7.45. The third-order valence-corrected chi connectivity index (χ3v) is 4.07. The number of likely N-dealkylation sites (N-methyl/N-ethyl adjacent to an activating group) is 1. The van der Waals surface area contributed by atoms with Crippen LogP contribution in [0.2, 0.25) is 0 Å². The van der Waals surface area contributed by atoms with Gasteiger partial charge in [-0.05, 0) is 38.1 Å². The van der Waals surface area contributed by atoms with Crippen molar-refractivity contribution >= 4 is 28.8 Å². The van der Waals surface area contributed by atoms with E-state index in [-0.39, 0.29) is 18.4 Å². The van der Waals surface area contributed by atoms with Gasteiger partial charge in [0.2, 0.25) is 5.91 Å². The summed E-state index contributed by atoms with van der Waals surface area (Å²) in [5.41, 5.74) is 0.983. The Morgan fingerprint density at radius 1 is 1.27 bits per heavy atom. The predicted molar refractivity (Wildman–Crippen MR) is 85.8 cm³/mol. The Hall–Kier alpha value is -2.21. The molecule has 22 heavy (non-hydrogen) atoms. The van der Waals surface area contributed by atoms with Gasteiger partial charge in [0.1, 0.15) is 5.82 Å². The minimum atomic E-state index is -0.424. The van der Waals surface area contributed by atoms with E-state index in [9.17, 15) is 14.0 Å². The van der Waals surface area contributed by atoms with Crippen LogP contribution in [-0.4, -0.2) is 30.3 Å². The number of halogens is 1. The zero-order valence-corrected chi connectivity index (χ0v) is 13.5. The van der Waals surface area contributed by atoms with E-state index in [4.69, 9.17) is 0 Å². The number of carbonyl (C=O) groups is 2. The molecule has 1 heterocycles. The molecular formula is C16H17FN2O2S. The van der Waals surface area contributed by atoms with E-state index in [1.165, 1.54) is 23.1 Å². The minimum Gasteiger partial charge on any atom is -0.332 e. The number of amides is 2. The zero-order valence-electron chi connectivity index (χ0n) is 12.6. The van der Waals surface area contributed by atoms with Crippen molar-refractivity contribution in [2.75, 3.05) is 18.9 Å². The molecule has 0 aliphatic carbocycles. The first kappa shape index (κ1) is 16.2. The van der Waals surface area contributed by atoms with E-state index in [0.717, 1.165) is 9.75 Å². The van der Waals surface area contributed by atoms with Crippen molar-refractivity contribution < 1.29 is 14.0 Å². The lowest BCUT2D eigenvalue weighted by Crippen LogP contribution is -2.35. The van der Waals surface area contributed by atoms with E-state index in [0.29, 0.717) is 11.3 Å². The number of anilines is 1. The molecule has 0 unspecified atom stereocenters. The van der Waals surface area contributed by atoms with Crippen molar-refractivity contribution in [1.82, 2.24) is 4.90 Å². The van der Waals surface area contributed by atoms with E-state index in [1.54, 1.807) is 24.5 Å². The van der Waals surface area contributed by atoms with Gasteiger partial charge in [-0.25, -0.2) is 4.39 Å². The molecule has 0 fully saturated rings. The van der Waals surface area contributed by atoms with Gasteiger partial charge < -0.3 is 10.2 Å². The first-order valence-corrected chi connectivity index (χ1v) is 7.56. The van der Waals surface area contributed by atoms with Crippen LogP contribution in [0.4, 0.5) is 10.1 Å². The molecule has 4 nitrogen and oxygen atoms in total. The van der Waals surface area contributed by atoms with Crippen LogP contribution in [0.1, 0.15) is 20.1 Å². The van der Waals surface area contributed by atoms with Crippen molar-refractivity contribution in [3.05, 3.63) is 51.5 Å². The van der Waals surface area contributed by atoms with Gasteiger partial charge >= 0.3 is 0 Å². The highest BCUT2D eigenvalue weighted by Crippen LogP contribution is 2.21. The van der Waals surface area contributed by atoms with Gasteiger partial charge in [0.25, 0.3) is 5.91 Å². The predicted octanol–water partition coefficient (Wildman–Crippen LogP) is 3.21. The second-order valence-corrected chi connectivity index (χ2v) is 6.51. The summed E-state index contributed by atoms with van der Waals surface area (Å²) in [4.78, 5) is 27.6. The SMILES string of the molecule is Cc1cc(C(=O)N(C)CC(=O)Nc2cccc(F)c2)c(C)s1. The molecule has 0 saturated carbocycles. The van der Waals surface area contributed by atoms with Crippen LogP contribution < -0.4 is 5.32 Å². The molecule has 0 aliphatic rings. The number of hydrogen-bond acceptors (Lipinski definition) is 3. The van der Waals surface area contributed by atoms with Crippen LogP contribution in [0, 0.1) is 19.7 Å². The fourth-order valence-electron chi connectivity index (χ4n) is 2.10. The molecule has 0 radical (unpaired) electrons. The molecule has 2 rings (SSSR count). The molecule has 0 bridgehead atoms. The second-order valence-electron chi connectivity index (χ2n) is 5.05. The summed E-state index contributed by atoms with van der Waals surface area (Å²) in [6.07, 6.45) is 0. The molecule has 116 valence electrons. The summed E-state index contributed by atoms with van der Waals surface area (Å²) in [5, 5.41) is 2.57. The van der Waals surface area contributed by atoms with Crippen LogP contribution in [-0.2, 0) is 4.79 Å². The number of thiophene rings is 1. The Labute approximate surface area is 132 Å². The molecule has 2 aromatic rings. The molecule has 0 saturated heterocycles.